The summed E-state index contributed by atoms with van der Waals surface area (Å²) in [6, 6.07) is 10.8. The first-order chi connectivity index (χ1) is 17.9. The molecule has 2 saturated heterocycles. The van der Waals surface area contributed by atoms with Crippen LogP contribution in [0, 0.1) is 11.8 Å². The molecule has 1 aromatic rings. The highest BCUT2D eigenvalue weighted by Crippen LogP contribution is 2.41. The predicted molar refractivity (Wildman–Crippen MR) is 135 cm³/mol. The Morgan fingerprint density at radius 2 is 1.63 bits per heavy atom. The number of rotatable bonds is 5. The number of alkyl halides is 3. The van der Waals surface area contributed by atoms with Crippen LogP contribution >= 0.6 is 0 Å². The van der Waals surface area contributed by atoms with Gasteiger partial charge < -0.3 is 24.5 Å². The number of piperidine rings is 1. The fourth-order valence-electron chi connectivity index (χ4n) is 5.94. The van der Waals surface area contributed by atoms with Crippen LogP contribution in [0.25, 0.3) is 0 Å². The number of carboxylic acids is 1. The lowest BCUT2D eigenvalue weighted by molar-refractivity contribution is -0.192. The van der Waals surface area contributed by atoms with Crippen molar-refractivity contribution in [1.82, 2.24) is 9.80 Å². The zero-order valence-electron chi connectivity index (χ0n) is 22.2. The minimum absolute atomic E-state index is 0.0172. The summed E-state index contributed by atoms with van der Waals surface area (Å²) in [5.41, 5.74) is 0.496. The summed E-state index contributed by atoms with van der Waals surface area (Å²) in [6.45, 7) is 7.04. The van der Waals surface area contributed by atoms with E-state index in [1.165, 1.54) is 32.8 Å². The molecule has 212 valence electrons. The minimum atomic E-state index is -5.08. The van der Waals surface area contributed by atoms with Crippen LogP contribution in [-0.4, -0.2) is 83.9 Å². The largest absolute Gasteiger partial charge is 0.490 e. The van der Waals surface area contributed by atoms with Crippen LogP contribution in [0.3, 0.4) is 0 Å². The molecule has 0 atom stereocenters. The summed E-state index contributed by atoms with van der Waals surface area (Å²) in [7, 11) is 1.38. The smallest absolute Gasteiger partial charge is 0.475 e. The van der Waals surface area contributed by atoms with E-state index in [0.717, 1.165) is 43.5 Å². The maximum Gasteiger partial charge on any atom is 0.490 e. The predicted octanol–water partition coefficient (Wildman–Crippen LogP) is 4.15. The van der Waals surface area contributed by atoms with Crippen LogP contribution in [0.5, 0.6) is 0 Å². The standard InChI is InChI=1S/C25H37N3O3.C2HF3O2/c1-19(2)20-9-11-21(12-10-20)26-15-13-25(14-16-26)24(30)27(17-23(29)31-3)18-28(25)22-7-5-4-6-8-22;3-2(4,5)1(6)7/h4-8,19-21H,9-18H2,1-3H3;(H,6,7). The molecule has 2 aliphatic heterocycles. The third-order valence-corrected chi connectivity index (χ3v) is 8.20. The van der Waals surface area contributed by atoms with Gasteiger partial charge in [-0.2, -0.15) is 13.2 Å². The number of esters is 1. The van der Waals surface area contributed by atoms with Gasteiger partial charge in [0, 0.05) is 24.8 Å². The molecule has 1 amide bonds. The Morgan fingerprint density at radius 1 is 1.08 bits per heavy atom. The monoisotopic (exact) mass is 541 g/mol. The van der Waals surface area contributed by atoms with E-state index in [9.17, 15) is 22.8 Å². The first-order valence-corrected chi connectivity index (χ1v) is 13.1. The van der Waals surface area contributed by atoms with Gasteiger partial charge in [-0.15, -0.1) is 0 Å². The van der Waals surface area contributed by atoms with Gasteiger partial charge in [0.25, 0.3) is 5.91 Å². The number of benzene rings is 1. The van der Waals surface area contributed by atoms with Gasteiger partial charge >= 0.3 is 18.1 Å². The van der Waals surface area contributed by atoms with Crippen molar-refractivity contribution in [2.24, 2.45) is 11.8 Å². The first kappa shape index (κ1) is 29.7. The van der Waals surface area contributed by atoms with Gasteiger partial charge in [0.05, 0.1) is 13.8 Å². The van der Waals surface area contributed by atoms with Crippen molar-refractivity contribution in [3.05, 3.63) is 30.3 Å². The first-order valence-electron chi connectivity index (χ1n) is 13.1. The number of carbonyl (C=O) groups is 3. The molecular weight excluding hydrogens is 503 g/mol. The Morgan fingerprint density at radius 3 is 2.11 bits per heavy atom. The number of nitrogens with zero attached hydrogens (tertiary/aromatic N) is 3. The van der Waals surface area contributed by atoms with Crippen molar-refractivity contribution in [2.75, 3.05) is 38.3 Å². The summed E-state index contributed by atoms with van der Waals surface area (Å²) in [5, 5.41) is 7.12. The molecule has 8 nitrogen and oxygen atoms in total. The highest BCUT2D eigenvalue weighted by Gasteiger charge is 2.54. The van der Waals surface area contributed by atoms with Crippen molar-refractivity contribution in [3.63, 3.8) is 0 Å². The zero-order valence-corrected chi connectivity index (χ0v) is 22.2. The van der Waals surface area contributed by atoms with Gasteiger partial charge in [-0.3, -0.25) is 9.59 Å². The normalized spacial score (nSPS) is 23.8. The van der Waals surface area contributed by atoms with Crippen LogP contribution in [0.2, 0.25) is 0 Å². The second-order valence-corrected chi connectivity index (χ2v) is 10.7. The summed E-state index contributed by atoms with van der Waals surface area (Å²) < 4.78 is 36.6. The Kier molecular flexibility index (Phi) is 9.67. The molecule has 38 heavy (non-hydrogen) atoms. The van der Waals surface area contributed by atoms with Crippen LogP contribution < -0.4 is 4.90 Å². The minimum Gasteiger partial charge on any atom is -0.475 e. The van der Waals surface area contributed by atoms with Crippen LogP contribution in [-0.2, 0) is 19.1 Å². The third-order valence-electron chi connectivity index (χ3n) is 8.20. The second kappa shape index (κ2) is 12.4. The van der Waals surface area contributed by atoms with Gasteiger partial charge in [-0.1, -0.05) is 32.0 Å². The molecule has 1 aromatic carbocycles. The number of anilines is 1. The lowest BCUT2D eigenvalue weighted by atomic mass is 9.78. The number of methoxy groups -OCH3 is 1. The van der Waals surface area contributed by atoms with Crippen LogP contribution in [0.1, 0.15) is 52.4 Å². The van der Waals surface area contributed by atoms with Gasteiger partial charge in [0.1, 0.15) is 12.1 Å². The number of para-hydroxylation sites is 1. The number of hydrogen-bond acceptors (Lipinski definition) is 6. The zero-order chi connectivity index (χ0) is 28.1. The lowest BCUT2D eigenvalue weighted by Crippen LogP contribution is -2.58. The van der Waals surface area contributed by atoms with Crippen molar-refractivity contribution in [3.8, 4) is 0 Å². The van der Waals surface area contributed by atoms with Crippen molar-refractivity contribution < 1.29 is 37.4 Å². The van der Waals surface area contributed by atoms with E-state index in [2.05, 4.69) is 35.8 Å². The quantitative estimate of drug-likeness (QED) is 0.560. The molecule has 0 unspecified atom stereocenters. The van der Waals surface area contributed by atoms with E-state index >= 15 is 0 Å². The van der Waals surface area contributed by atoms with Crippen LogP contribution in [0.15, 0.2) is 30.3 Å². The second-order valence-electron chi connectivity index (χ2n) is 10.7. The van der Waals surface area contributed by atoms with E-state index < -0.39 is 17.7 Å². The number of likely N-dealkylation sites (tertiary alicyclic amines) is 1. The van der Waals surface area contributed by atoms with Gasteiger partial charge in [-0.25, -0.2) is 4.79 Å². The highest BCUT2D eigenvalue weighted by molar-refractivity contribution is 5.95. The van der Waals surface area contributed by atoms with Crippen molar-refractivity contribution in [1.29, 1.82) is 0 Å². The SMILES string of the molecule is COC(=O)CN1CN(c2ccccc2)C2(CCN(C3CCC(C(C)C)CC3)CC2)C1=O.O=C(O)C(F)(F)F. The van der Waals surface area contributed by atoms with E-state index in [1.807, 2.05) is 18.2 Å². The Bertz CT molecular complexity index is 956. The fourth-order valence-corrected chi connectivity index (χ4v) is 5.94. The molecule has 4 rings (SSSR count). The average molecular weight is 542 g/mol. The molecular formula is C27H38F3N3O5. The third kappa shape index (κ3) is 6.78. The van der Waals surface area contributed by atoms with Crippen molar-refractivity contribution >= 4 is 23.5 Å². The molecule has 1 spiro atoms. The molecule has 0 radical (unpaired) electrons. The average Bonchev–Trinajstić information content (AvgIpc) is 3.15. The number of amides is 1. The highest BCUT2D eigenvalue weighted by atomic mass is 19.4. The lowest BCUT2D eigenvalue weighted by Gasteiger charge is -2.47. The maximum atomic E-state index is 13.6. The molecule has 0 bridgehead atoms. The Labute approximate surface area is 221 Å². The van der Waals surface area contributed by atoms with E-state index in [1.54, 1.807) is 4.90 Å². The number of hydrogen-bond donors (Lipinski definition) is 1. The Hall–Kier alpha value is -2.82. The number of halogens is 3. The number of carboxylic acid groups (broad SMARTS) is 1. The molecule has 3 aliphatic rings. The molecule has 3 fully saturated rings. The summed E-state index contributed by atoms with van der Waals surface area (Å²) >= 11 is 0. The van der Waals surface area contributed by atoms with Crippen LogP contribution in [0.4, 0.5) is 18.9 Å². The molecule has 1 N–H and O–H groups in total. The van der Waals surface area contributed by atoms with Gasteiger partial charge in [0.15, 0.2) is 0 Å². The number of aliphatic carboxylic acids is 1. The number of carbonyl (C=O) groups excluding carboxylic acids is 2. The van der Waals surface area contributed by atoms with Crippen molar-refractivity contribution in [2.45, 2.75) is 70.1 Å². The van der Waals surface area contributed by atoms with E-state index in [-0.39, 0.29) is 18.4 Å². The fraction of sp³-hybridized carbons (Fsp3) is 0.667. The molecule has 0 aromatic heterocycles. The Balaban J connectivity index is 0.000000505. The maximum absolute atomic E-state index is 13.6. The molecule has 1 aliphatic carbocycles. The molecule has 11 heteroatoms. The van der Waals surface area contributed by atoms with Gasteiger partial charge in [0.2, 0.25) is 0 Å². The summed E-state index contributed by atoms with van der Waals surface area (Å²) in [5.74, 6) is -1.40. The molecule has 1 saturated carbocycles. The molecule has 2 heterocycles. The van der Waals surface area contributed by atoms with E-state index in [0.29, 0.717) is 12.7 Å². The van der Waals surface area contributed by atoms with E-state index in [4.69, 9.17) is 14.6 Å². The summed E-state index contributed by atoms with van der Waals surface area (Å²) in [4.78, 5) is 40.9. The van der Waals surface area contributed by atoms with Gasteiger partial charge in [-0.05, 0) is 62.5 Å². The number of ether oxygens (including phenoxy) is 1. The summed E-state index contributed by atoms with van der Waals surface area (Å²) in [6.07, 6.45) is 1.74. The topological polar surface area (TPSA) is 90.4 Å².